The molecule has 5 aliphatic rings. The van der Waals surface area contributed by atoms with Crippen molar-refractivity contribution in [3.8, 4) is 0 Å². The molecular weight excluding hydrogens is 376 g/mol. The molecule has 0 bridgehead atoms. The Morgan fingerprint density at radius 1 is 0.677 bits per heavy atom. The molecule has 1 heteroatoms. The third-order valence-corrected chi connectivity index (χ3v) is 13.7. The Bertz CT molecular complexity index is 724. The lowest BCUT2D eigenvalue weighted by atomic mass is 9.32. The van der Waals surface area contributed by atoms with Gasteiger partial charge in [-0.25, -0.2) is 0 Å². The van der Waals surface area contributed by atoms with Gasteiger partial charge in [0.15, 0.2) is 0 Å². The van der Waals surface area contributed by atoms with Crippen molar-refractivity contribution in [1.82, 2.24) is 0 Å². The fourth-order valence-electron chi connectivity index (χ4n) is 11.7. The minimum atomic E-state index is -0.109. The van der Waals surface area contributed by atoms with Crippen LogP contribution in [0.25, 0.3) is 0 Å². The van der Waals surface area contributed by atoms with Gasteiger partial charge in [-0.1, -0.05) is 55.4 Å². The normalized spacial score (nSPS) is 58.3. The third kappa shape index (κ3) is 2.71. The van der Waals surface area contributed by atoms with Crippen LogP contribution in [-0.2, 0) is 0 Å². The first-order valence-corrected chi connectivity index (χ1v) is 14.0. The van der Waals surface area contributed by atoms with Crippen molar-refractivity contribution in [2.24, 2.45) is 62.6 Å². The number of aliphatic hydroxyl groups is 1. The molecule has 10 unspecified atom stereocenters. The quantitative estimate of drug-likeness (QED) is 0.447. The zero-order valence-electron chi connectivity index (χ0n) is 22.1. The van der Waals surface area contributed by atoms with Crippen LogP contribution in [0.15, 0.2) is 0 Å². The number of hydrogen-bond acceptors (Lipinski definition) is 1. The summed E-state index contributed by atoms with van der Waals surface area (Å²) in [6, 6.07) is 0. The first kappa shape index (κ1) is 22.7. The van der Waals surface area contributed by atoms with Crippen LogP contribution in [-0.4, -0.2) is 11.2 Å². The van der Waals surface area contributed by atoms with Gasteiger partial charge in [0.25, 0.3) is 0 Å². The van der Waals surface area contributed by atoms with E-state index in [0.717, 1.165) is 36.0 Å². The van der Waals surface area contributed by atoms with Gasteiger partial charge in [0, 0.05) is 0 Å². The summed E-state index contributed by atoms with van der Waals surface area (Å²) in [7, 11) is 0. The molecule has 5 fully saturated rings. The lowest BCUT2D eigenvalue weighted by Crippen LogP contribution is -2.66. The van der Waals surface area contributed by atoms with Crippen molar-refractivity contribution in [2.45, 2.75) is 126 Å². The molecule has 31 heavy (non-hydrogen) atoms. The minimum Gasteiger partial charge on any atom is -0.393 e. The van der Waals surface area contributed by atoms with E-state index in [1.54, 1.807) is 0 Å². The van der Waals surface area contributed by atoms with Crippen LogP contribution in [0.2, 0.25) is 0 Å². The number of fused-ring (bicyclic) bond motifs is 7. The molecular formula is C30H52O. The third-order valence-electron chi connectivity index (χ3n) is 13.7. The summed E-state index contributed by atoms with van der Waals surface area (Å²) in [6.07, 6.45) is 13.7. The maximum absolute atomic E-state index is 10.9. The molecule has 0 aromatic carbocycles. The lowest BCUT2D eigenvalue weighted by Gasteiger charge is -2.73. The molecule has 0 spiro atoms. The Balaban J connectivity index is 1.54. The first-order chi connectivity index (χ1) is 14.3. The van der Waals surface area contributed by atoms with E-state index >= 15 is 0 Å². The van der Waals surface area contributed by atoms with Crippen LogP contribution in [0.5, 0.6) is 0 Å². The van der Waals surface area contributed by atoms with E-state index in [4.69, 9.17) is 0 Å². The van der Waals surface area contributed by atoms with E-state index in [1.165, 1.54) is 57.8 Å². The van der Waals surface area contributed by atoms with Gasteiger partial charge < -0.3 is 5.11 Å². The van der Waals surface area contributed by atoms with Crippen LogP contribution < -0.4 is 0 Å². The Labute approximate surface area is 193 Å². The summed E-state index contributed by atoms with van der Waals surface area (Å²) in [5, 5.41) is 10.9. The standard InChI is InChI=1S/C30H52O/c1-19(2)20-11-14-27(5)17-18-29(7)21(25(20)27)9-10-23-28(6)15-13-24(31)26(3,4)22(28)12-16-30(23,29)8/h19-25,31H,9-18H2,1-8H3. The van der Waals surface area contributed by atoms with Gasteiger partial charge in [0.2, 0.25) is 0 Å². The second-order valence-electron chi connectivity index (χ2n) is 15.2. The van der Waals surface area contributed by atoms with E-state index in [9.17, 15) is 5.11 Å². The van der Waals surface area contributed by atoms with Crippen LogP contribution in [0.1, 0.15) is 120 Å². The van der Waals surface area contributed by atoms with Crippen LogP contribution in [0.3, 0.4) is 0 Å². The summed E-state index contributed by atoms with van der Waals surface area (Å²) in [5.74, 6) is 5.21. The van der Waals surface area contributed by atoms with Crippen LogP contribution >= 0.6 is 0 Å². The average molecular weight is 429 g/mol. The van der Waals surface area contributed by atoms with Crippen LogP contribution in [0.4, 0.5) is 0 Å². The smallest absolute Gasteiger partial charge is 0.0594 e. The Kier molecular flexibility index (Phi) is 4.96. The number of hydrogen-bond donors (Lipinski definition) is 1. The molecule has 0 aliphatic heterocycles. The average Bonchev–Trinajstić information content (AvgIpc) is 3.04. The second-order valence-corrected chi connectivity index (χ2v) is 15.2. The zero-order chi connectivity index (χ0) is 22.6. The topological polar surface area (TPSA) is 20.2 Å². The van der Waals surface area contributed by atoms with Gasteiger partial charge in [-0.2, -0.15) is 0 Å². The van der Waals surface area contributed by atoms with E-state index in [0.29, 0.717) is 27.6 Å². The van der Waals surface area contributed by atoms with Crippen molar-refractivity contribution in [3.63, 3.8) is 0 Å². The second kappa shape index (κ2) is 6.76. The van der Waals surface area contributed by atoms with Crippen molar-refractivity contribution in [3.05, 3.63) is 0 Å². The summed E-state index contributed by atoms with van der Waals surface area (Å²) in [4.78, 5) is 0. The molecule has 0 saturated heterocycles. The van der Waals surface area contributed by atoms with Gasteiger partial charge in [-0.05, 0) is 127 Å². The molecule has 0 aromatic heterocycles. The van der Waals surface area contributed by atoms with Crippen molar-refractivity contribution >= 4 is 0 Å². The molecule has 0 radical (unpaired) electrons. The summed E-state index contributed by atoms with van der Waals surface area (Å²) in [5.41, 5.74) is 2.08. The molecule has 5 saturated carbocycles. The van der Waals surface area contributed by atoms with Gasteiger partial charge >= 0.3 is 0 Å². The Hall–Kier alpha value is -0.0400. The predicted octanol–water partition coefficient (Wildman–Crippen LogP) is 8.10. The molecule has 5 rings (SSSR count). The number of rotatable bonds is 1. The lowest BCUT2D eigenvalue weighted by molar-refractivity contribution is -0.248. The monoisotopic (exact) mass is 428 g/mol. The van der Waals surface area contributed by atoms with Crippen molar-refractivity contribution in [1.29, 1.82) is 0 Å². The Morgan fingerprint density at radius 2 is 1.39 bits per heavy atom. The molecule has 10 atom stereocenters. The molecule has 0 heterocycles. The summed E-state index contributed by atoms with van der Waals surface area (Å²) >= 11 is 0. The van der Waals surface area contributed by atoms with Gasteiger partial charge in [-0.15, -0.1) is 0 Å². The summed E-state index contributed by atoms with van der Waals surface area (Å²) in [6.45, 7) is 20.7. The summed E-state index contributed by atoms with van der Waals surface area (Å²) < 4.78 is 0. The maximum Gasteiger partial charge on any atom is 0.0594 e. The highest BCUT2D eigenvalue weighted by molar-refractivity contribution is 5.19. The molecule has 5 aliphatic carbocycles. The molecule has 1 nitrogen and oxygen atoms in total. The molecule has 178 valence electrons. The fourth-order valence-corrected chi connectivity index (χ4v) is 11.7. The van der Waals surface area contributed by atoms with E-state index < -0.39 is 0 Å². The fraction of sp³-hybridized carbons (Fsp3) is 1.00. The molecule has 1 N–H and O–H groups in total. The van der Waals surface area contributed by atoms with Crippen molar-refractivity contribution < 1.29 is 5.11 Å². The Morgan fingerprint density at radius 3 is 2.06 bits per heavy atom. The van der Waals surface area contributed by atoms with Gasteiger partial charge in [0.05, 0.1) is 6.10 Å². The zero-order valence-corrected chi connectivity index (χ0v) is 22.1. The van der Waals surface area contributed by atoms with E-state index in [-0.39, 0.29) is 11.5 Å². The van der Waals surface area contributed by atoms with Gasteiger partial charge in [0.1, 0.15) is 0 Å². The SMILES string of the molecule is CC(C)C1CCC2(C)CCC3(C)C(CCC4C5(C)CCC(O)C(C)(C)C5CCC43C)C12. The highest BCUT2D eigenvalue weighted by atomic mass is 16.3. The predicted molar refractivity (Wildman–Crippen MR) is 131 cm³/mol. The van der Waals surface area contributed by atoms with Crippen molar-refractivity contribution in [2.75, 3.05) is 0 Å². The van der Waals surface area contributed by atoms with Crippen LogP contribution in [0, 0.1) is 62.6 Å². The largest absolute Gasteiger partial charge is 0.393 e. The van der Waals surface area contributed by atoms with E-state index in [2.05, 4.69) is 55.4 Å². The molecule has 0 aromatic rings. The van der Waals surface area contributed by atoms with Gasteiger partial charge in [-0.3, -0.25) is 0 Å². The highest BCUT2D eigenvalue weighted by Crippen LogP contribution is 2.77. The first-order valence-electron chi connectivity index (χ1n) is 14.0. The van der Waals surface area contributed by atoms with E-state index in [1.807, 2.05) is 0 Å². The maximum atomic E-state index is 10.9. The highest BCUT2D eigenvalue weighted by Gasteiger charge is 2.70. The number of aliphatic hydroxyl groups excluding tert-OH is 1. The molecule has 0 amide bonds. The minimum absolute atomic E-state index is 0.0748.